The van der Waals surface area contributed by atoms with Gasteiger partial charge in [-0.15, -0.1) is 0 Å². The molecule has 5 nitrogen and oxygen atoms in total. The number of hydrogen-bond acceptors (Lipinski definition) is 4. The summed E-state index contributed by atoms with van der Waals surface area (Å²) in [6.07, 6.45) is 9.22. The van der Waals surface area contributed by atoms with Gasteiger partial charge in [0.25, 0.3) is 0 Å². The Kier molecular flexibility index (Phi) is 5.50. The minimum atomic E-state index is 0.716. The van der Waals surface area contributed by atoms with Crippen molar-refractivity contribution in [3.8, 4) is 0 Å². The lowest BCUT2D eigenvalue weighted by atomic mass is 9.84. The van der Waals surface area contributed by atoms with Crippen LogP contribution in [-0.4, -0.2) is 54.1 Å². The Hall–Kier alpha value is -0.910. The van der Waals surface area contributed by atoms with Crippen LogP contribution in [0.3, 0.4) is 0 Å². The minimum Gasteiger partial charge on any atom is -0.379 e. The van der Waals surface area contributed by atoms with Gasteiger partial charge in [0.15, 0.2) is 0 Å². The van der Waals surface area contributed by atoms with Crippen molar-refractivity contribution in [3.05, 3.63) is 17.0 Å². The molecule has 0 amide bonds. The number of morpholine rings is 1. The highest BCUT2D eigenvalue weighted by molar-refractivity contribution is 5.31. The molecule has 0 atom stereocenters. The topological polar surface area (TPSA) is 42.3 Å². The molecule has 3 heterocycles. The summed E-state index contributed by atoms with van der Waals surface area (Å²) in [7, 11) is 0. The predicted molar refractivity (Wildman–Crippen MR) is 95.3 cm³/mol. The molecule has 1 saturated carbocycles. The van der Waals surface area contributed by atoms with Crippen LogP contribution in [0, 0.1) is 0 Å². The Morgan fingerprint density at radius 2 is 1.92 bits per heavy atom. The van der Waals surface area contributed by atoms with Gasteiger partial charge in [-0.1, -0.05) is 19.3 Å². The molecule has 2 fully saturated rings. The van der Waals surface area contributed by atoms with Crippen molar-refractivity contribution >= 4 is 0 Å². The number of rotatable bonds is 5. The van der Waals surface area contributed by atoms with Crippen LogP contribution >= 0.6 is 0 Å². The van der Waals surface area contributed by atoms with Gasteiger partial charge >= 0.3 is 0 Å². The maximum absolute atomic E-state index is 5.44. The number of nitrogens with one attached hydrogen (secondary N) is 1. The molecule has 1 aromatic rings. The third-order valence-corrected chi connectivity index (χ3v) is 5.98. The Morgan fingerprint density at radius 3 is 2.75 bits per heavy atom. The second-order valence-electron chi connectivity index (χ2n) is 7.60. The second-order valence-corrected chi connectivity index (χ2v) is 7.60. The number of aromatic nitrogens is 2. The van der Waals surface area contributed by atoms with Gasteiger partial charge in [0.1, 0.15) is 0 Å². The number of fused-ring (bicyclic) bond motifs is 1. The summed E-state index contributed by atoms with van der Waals surface area (Å²) in [5.41, 5.74) is 4.50. The van der Waals surface area contributed by atoms with Gasteiger partial charge in [-0.05, 0) is 19.3 Å². The monoisotopic (exact) mass is 332 g/mol. The maximum Gasteiger partial charge on any atom is 0.0703 e. The van der Waals surface area contributed by atoms with Crippen molar-refractivity contribution in [2.75, 3.05) is 39.4 Å². The largest absolute Gasteiger partial charge is 0.379 e. The first-order valence-electron chi connectivity index (χ1n) is 10.0. The average molecular weight is 332 g/mol. The molecule has 5 heteroatoms. The van der Waals surface area contributed by atoms with Gasteiger partial charge in [0.05, 0.1) is 18.9 Å². The van der Waals surface area contributed by atoms with E-state index in [1.807, 2.05) is 0 Å². The normalized spacial score (nSPS) is 23.3. The van der Waals surface area contributed by atoms with Crippen LogP contribution in [0.25, 0.3) is 0 Å². The summed E-state index contributed by atoms with van der Waals surface area (Å²) in [5, 5.41) is 8.70. The van der Waals surface area contributed by atoms with Gasteiger partial charge in [-0.2, -0.15) is 5.10 Å². The molecular formula is C19H32N4O. The number of hydrogen-bond donors (Lipinski definition) is 1. The first-order valence-corrected chi connectivity index (χ1v) is 10.0. The van der Waals surface area contributed by atoms with E-state index in [4.69, 9.17) is 9.84 Å². The fourth-order valence-electron chi connectivity index (χ4n) is 4.60. The van der Waals surface area contributed by atoms with Crippen LogP contribution in [0.2, 0.25) is 0 Å². The van der Waals surface area contributed by atoms with Crippen LogP contribution in [0.15, 0.2) is 0 Å². The van der Waals surface area contributed by atoms with Gasteiger partial charge in [-0.3, -0.25) is 9.58 Å². The highest BCUT2D eigenvalue weighted by atomic mass is 16.5. The molecule has 4 rings (SSSR count). The molecule has 0 radical (unpaired) electrons. The van der Waals surface area contributed by atoms with Crippen LogP contribution in [0.4, 0.5) is 0 Å². The molecule has 0 spiro atoms. The van der Waals surface area contributed by atoms with Crippen LogP contribution < -0.4 is 5.32 Å². The Labute approximate surface area is 145 Å². The van der Waals surface area contributed by atoms with Crippen molar-refractivity contribution in [2.45, 2.75) is 64.0 Å². The van der Waals surface area contributed by atoms with E-state index in [2.05, 4.69) is 14.9 Å². The molecular weight excluding hydrogens is 300 g/mol. The van der Waals surface area contributed by atoms with E-state index in [0.717, 1.165) is 52.4 Å². The lowest BCUT2D eigenvalue weighted by Crippen LogP contribution is -2.37. The summed E-state index contributed by atoms with van der Waals surface area (Å²) in [4.78, 5) is 2.53. The van der Waals surface area contributed by atoms with E-state index in [1.165, 1.54) is 56.5 Å². The van der Waals surface area contributed by atoms with E-state index in [-0.39, 0.29) is 0 Å². The first kappa shape index (κ1) is 16.6. The summed E-state index contributed by atoms with van der Waals surface area (Å²) >= 11 is 0. The quantitative estimate of drug-likeness (QED) is 0.898. The van der Waals surface area contributed by atoms with Crippen molar-refractivity contribution in [3.63, 3.8) is 0 Å². The summed E-state index contributed by atoms with van der Waals surface area (Å²) < 4.78 is 7.80. The Morgan fingerprint density at radius 1 is 1.08 bits per heavy atom. The zero-order chi connectivity index (χ0) is 16.2. The third kappa shape index (κ3) is 3.68. The maximum atomic E-state index is 5.44. The van der Waals surface area contributed by atoms with E-state index in [0.29, 0.717) is 5.92 Å². The fourth-order valence-corrected chi connectivity index (χ4v) is 4.60. The Bertz CT molecular complexity index is 530. The van der Waals surface area contributed by atoms with Gasteiger partial charge < -0.3 is 10.1 Å². The SMILES string of the molecule is C1CCC(c2nn(CCCN3CCOCC3)c3c2CNCC3)CC1. The summed E-state index contributed by atoms with van der Waals surface area (Å²) in [5.74, 6) is 0.716. The number of aryl methyl sites for hydroxylation is 1. The van der Waals surface area contributed by atoms with E-state index < -0.39 is 0 Å². The molecule has 134 valence electrons. The Balaban J connectivity index is 1.42. The van der Waals surface area contributed by atoms with Crippen molar-refractivity contribution < 1.29 is 4.74 Å². The van der Waals surface area contributed by atoms with Crippen molar-refractivity contribution in [2.24, 2.45) is 0 Å². The molecule has 24 heavy (non-hydrogen) atoms. The lowest BCUT2D eigenvalue weighted by molar-refractivity contribution is 0.0368. The zero-order valence-electron chi connectivity index (χ0n) is 14.9. The zero-order valence-corrected chi connectivity index (χ0v) is 14.9. The molecule has 0 unspecified atom stereocenters. The number of ether oxygens (including phenoxy) is 1. The summed E-state index contributed by atoms with van der Waals surface area (Å²) in [6.45, 7) is 8.37. The highest BCUT2D eigenvalue weighted by Gasteiger charge is 2.26. The molecule has 1 aromatic heterocycles. The fraction of sp³-hybridized carbons (Fsp3) is 0.842. The predicted octanol–water partition coefficient (Wildman–Crippen LogP) is 2.30. The minimum absolute atomic E-state index is 0.716. The summed E-state index contributed by atoms with van der Waals surface area (Å²) in [6, 6.07) is 0. The highest BCUT2D eigenvalue weighted by Crippen LogP contribution is 2.35. The lowest BCUT2D eigenvalue weighted by Gasteiger charge is -2.26. The molecule has 1 N–H and O–H groups in total. The standard InChI is InChI=1S/C19H32N4O/c1-2-5-16(6-3-1)19-17-15-20-8-7-18(17)23(21-19)10-4-9-22-11-13-24-14-12-22/h16,20H,1-15H2. The van der Waals surface area contributed by atoms with E-state index in [9.17, 15) is 0 Å². The molecule has 0 aromatic carbocycles. The smallest absolute Gasteiger partial charge is 0.0703 e. The van der Waals surface area contributed by atoms with Crippen LogP contribution in [0.1, 0.15) is 61.4 Å². The van der Waals surface area contributed by atoms with E-state index >= 15 is 0 Å². The molecule has 0 bridgehead atoms. The van der Waals surface area contributed by atoms with Crippen LogP contribution in [-0.2, 0) is 24.2 Å². The van der Waals surface area contributed by atoms with Crippen molar-refractivity contribution in [1.29, 1.82) is 0 Å². The number of nitrogens with zero attached hydrogens (tertiary/aromatic N) is 3. The molecule has 3 aliphatic rings. The first-order chi connectivity index (χ1) is 11.9. The molecule has 1 aliphatic carbocycles. The van der Waals surface area contributed by atoms with E-state index in [1.54, 1.807) is 5.56 Å². The van der Waals surface area contributed by atoms with Gasteiger partial charge in [0, 0.05) is 62.9 Å². The third-order valence-electron chi connectivity index (χ3n) is 5.98. The average Bonchev–Trinajstić information content (AvgIpc) is 3.02. The van der Waals surface area contributed by atoms with Gasteiger partial charge in [-0.25, -0.2) is 0 Å². The molecule has 2 aliphatic heterocycles. The van der Waals surface area contributed by atoms with Crippen molar-refractivity contribution in [1.82, 2.24) is 20.0 Å². The van der Waals surface area contributed by atoms with Crippen LogP contribution in [0.5, 0.6) is 0 Å². The molecule has 1 saturated heterocycles. The second kappa shape index (κ2) is 7.98. The van der Waals surface area contributed by atoms with Gasteiger partial charge in [0.2, 0.25) is 0 Å².